The number of H-pyrrole nitrogens is 1. The number of aromatic amines is 1. The quantitative estimate of drug-likeness (QED) is 0.583. The number of aromatic nitrogens is 4. The van der Waals surface area contributed by atoms with Crippen molar-refractivity contribution in [1.29, 1.82) is 0 Å². The average Bonchev–Trinajstić information content (AvgIpc) is 3.41. The van der Waals surface area contributed by atoms with Gasteiger partial charge < -0.3 is 19.8 Å². The van der Waals surface area contributed by atoms with E-state index in [1.165, 1.54) is 5.56 Å². The molecule has 3 aromatic rings. The molecular formula is C23H30ClN7O2. The van der Waals surface area contributed by atoms with Gasteiger partial charge in [-0.3, -0.25) is 9.88 Å². The summed E-state index contributed by atoms with van der Waals surface area (Å²) in [6.07, 6.45) is 2.79. The number of nitrogen functional groups attached to an aromatic ring is 1. The summed E-state index contributed by atoms with van der Waals surface area (Å²) in [5, 5.41) is 8.80. The van der Waals surface area contributed by atoms with Crippen LogP contribution in [0.2, 0.25) is 5.02 Å². The van der Waals surface area contributed by atoms with Crippen molar-refractivity contribution in [2.24, 2.45) is 0 Å². The highest BCUT2D eigenvalue weighted by Gasteiger charge is 2.38. The van der Waals surface area contributed by atoms with E-state index in [1.807, 2.05) is 26.0 Å². The molecule has 9 nitrogen and oxygen atoms in total. The molecule has 10 heteroatoms. The van der Waals surface area contributed by atoms with Gasteiger partial charge >= 0.3 is 0 Å². The molecule has 0 bridgehead atoms. The number of oxazole rings is 1. The zero-order chi connectivity index (χ0) is 22.9. The number of hydrogen-bond donors (Lipinski definition) is 2. The first-order valence-electron chi connectivity index (χ1n) is 11.4. The SMILES string of the molecule is Cc1nc(C2CN(C3CCN(c4nnc(N)[nH]4)CC3)C(Cc3ccc(Cl)cc3)CO2)oc1C. The van der Waals surface area contributed by atoms with Crippen LogP contribution >= 0.6 is 11.6 Å². The summed E-state index contributed by atoms with van der Waals surface area (Å²) < 4.78 is 12.2. The molecule has 4 heterocycles. The van der Waals surface area contributed by atoms with Crippen molar-refractivity contribution in [1.82, 2.24) is 25.1 Å². The number of morpholine rings is 1. The largest absolute Gasteiger partial charge is 0.443 e. The lowest BCUT2D eigenvalue weighted by atomic mass is 9.96. The highest BCUT2D eigenvalue weighted by Crippen LogP contribution is 2.32. The Bertz CT molecular complexity index is 1060. The van der Waals surface area contributed by atoms with E-state index >= 15 is 0 Å². The highest BCUT2D eigenvalue weighted by molar-refractivity contribution is 6.30. The molecule has 5 rings (SSSR count). The highest BCUT2D eigenvalue weighted by atomic mass is 35.5. The van der Waals surface area contributed by atoms with E-state index in [0.29, 0.717) is 24.5 Å². The number of anilines is 2. The van der Waals surface area contributed by atoms with E-state index in [1.54, 1.807) is 0 Å². The summed E-state index contributed by atoms with van der Waals surface area (Å²) in [6.45, 7) is 7.10. The Morgan fingerprint density at radius 1 is 1.15 bits per heavy atom. The minimum atomic E-state index is -0.161. The fraction of sp³-hybridized carbons (Fsp3) is 0.522. The molecule has 2 saturated heterocycles. The van der Waals surface area contributed by atoms with Gasteiger partial charge in [0.1, 0.15) is 11.9 Å². The monoisotopic (exact) mass is 471 g/mol. The maximum Gasteiger partial charge on any atom is 0.226 e. The Morgan fingerprint density at radius 3 is 2.55 bits per heavy atom. The first-order chi connectivity index (χ1) is 16.0. The summed E-state index contributed by atoms with van der Waals surface area (Å²) in [6, 6.07) is 8.81. The van der Waals surface area contributed by atoms with E-state index in [4.69, 9.17) is 26.5 Å². The van der Waals surface area contributed by atoms with Crippen molar-refractivity contribution in [2.45, 2.75) is 51.3 Å². The number of halogens is 1. The van der Waals surface area contributed by atoms with Crippen LogP contribution in [0.25, 0.3) is 0 Å². The lowest BCUT2D eigenvalue weighted by molar-refractivity contribution is -0.0930. The van der Waals surface area contributed by atoms with Crippen molar-refractivity contribution >= 4 is 23.5 Å². The van der Waals surface area contributed by atoms with E-state index in [-0.39, 0.29) is 12.1 Å². The lowest BCUT2D eigenvalue weighted by Gasteiger charge is -2.46. The maximum atomic E-state index is 6.28. The molecule has 0 spiro atoms. The van der Waals surface area contributed by atoms with Gasteiger partial charge in [-0.25, -0.2) is 4.98 Å². The molecule has 2 aliphatic heterocycles. The van der Waals surface area contributed by atoms with Gasteiger partial charge in [-0.15, -0.1) is 10.2 Å². The molecule has 33 heavy (non-hydrogen) atoms. The number of ether oxygens (including phenoxy) is 1. The molecule has 0 saturated carbocycles. The van der Waals surface area contributed by atoms with Gasteiger partial charge in [0.2, 0.25) is 17.8 Å². The van der Waals surface area contributed by atoms with Gasteiger partial charge in [0.15, 0.2) is 0 Å². The maximum absolute atomic E-state index is 6.28. The Hall–Kier alpha value is -2.62. The smallest absolute Gasteiger partial charge is 0.226 e. The minimum Gasteiger partial charge on any atom is -0.443 e. The van der Waals surface area contributed by atoms with Crippen LogP contribution in [0.1, 0.15) is 41.9 Å². The summed E-state index contributed by atoms with van der Waals surface area (Å²) in [5.41, 5.74) is 7.89. The molecule has 0 radical (unpaired) electrons. The molecular weight excluding hydrogens is 442 g/mol. The molecule has 2 unspecified atom stereocenters. The second-order valence-electron chi connectivity index (χ2n) is 8.95. The van der Waals surface area contributed by atoms with Crippen molar-refractivity contribution < 1.29 is 9.15 Å². The predicted molar refractivity (Wildman–Crippen MR) is 126 cm³/mol. The van der Waals surface area contributed by atoms with Crippen molar-refractivity contribution in [3.63, 3.8) is 0 Å². The molecule has 0 amide bonds. The zero-order valence-corrected chi connectivity index (χ0v) is 19.8. The number of piperidine rings is 1. The van der Waals surface area contributed by atoms with Crippen LogP contribution in [-0.4, -0.2) is 63.4 Å². The summed E-state index contributed by atoms with van der Waals surface area (Å²) in [5.74, 6) is 2.62. The van der Waals surface area contributed by atoms with Gasteiger partial charge in [-0.1, -0.05) is 23.7 Å². The summed E-state index contributed by atoms with van der Waals surface area (Å²) in [4.78, 5) is 12.5. The number of benzene rings is 1. The van der Waals surface area contributed by atoms with Crippen LogP contribution in [0.15, 0.2) is 28.7 Å². The minimum absolute atomic E-state index is 0.161. The van der Waals surface area contributed by atoms with Crippen LogP contribution in [0.3, 0.4) is 0 Å². The molecule has 2 aliphatic rings. The molecule has 2 fully saturated rings. The van der Waals surface area contributed by atoms with Crippen LogP contribution < -0.4 is 10.6 Å². The third-order valence-electron chi connectivity index (χ3n) is 6.77. The molecule has 0 aliphatic carbocycles. The number of nitrogens with zero attached hydrogens (tertiary/aromatic N) is 5. The van der Waals surface area contributed by atoms with Crippen molar-refractivity contribution in [3.05, 3.63) is 52.2 Å². The average molecular weight is 472 g/mol. The molecule has 2 atom stereocenters. The number of nitrogens with one attached hydrogen (secondary N) is 1. The molecule has 3 N–H and O–H groups in total. The van der Waals surface area contributed by atoms with Gasteiger partial charge in [0.05, 0.1) is 12.3 Å². The number of nitrogens with two attached hydrogens (primary N) is 1. The Balaban J connectivity index is 1.32. The summed E-state index contributed by atoms with van der Waals surface area (Å²) >= 11 is 6.10. The topological polar surface area (TPSA) is 109 Å². The van der Waals surface area contributed by atoms with Crippen molar-refractivity contribution in [3.8, 4) is 0 Å². The molecule has 1 aromatic carbocycles. The Labute approximate surface area is 198 Å². The van der Waals surface area contributed by atoms with Crippen LogP contribution in [0.4, 0.5) is 11.9 Å². The van der Waals surface area contributed by atoms with Gasteiger partial charge in [0.25, 0.3) is 0 Å². The summed E-state index contributed by atoms with van der Waals surface area (Å²) in [7, 11) is 0. The standard InChI is InChI=1S/C23H30ClN7O2/c1-14-15(2)33-21(26-14)20-12-31(19(13-32-20)11-16-3-5-17(24)6-4-16)18-7-9-30(10-8-18)23-27-22(25)28-29-23/h3-6,18-20H,7-13H2,1-2H3,(H3,25,27,28,29). The fourth-order valence-corrected chi connectivity index (χ4v) is 4.96. The van der Waals surface area contributed by atoms with E-state index in [0.717, 1.165) is 61.3 Å². The van der Waals surface area contributed by atoms with Crippen LogP contribution in [0, 0.1) is 13.8 Å². The molecule has 2 aromatic heterocycles. The van der Waals surface area contributed by atoms with Crippen LogP contribution in [-0.2, 0) is 11.2 Å². The van der Waals surface area contributed by atoms with E-state index in [9.17, 15) is 0 Å². The fourth-order valence-electron chi connectivity index (χ4n) is 4.83. The second-order valence-corrected chi connectivity index (χ2v) is 9.39. The van der Waals surface area contributed by atoms with Gasteiger partial charge in [-0.2, -0.15) is 0 Å². The van der Waals surface area contributed by atoms with Crippen LogP contribution in [0.5, 0.6) is 0 Å². The lowest BCUT2D eigenvalue weighted by Crippen LogP contribution is -2.55. The number of rotatable bonds is 5. The molecule has 176 valence electrons. The second kappa shape index (κ2) is 9.32. The van der Waals surface area contributed by atoms with Crippen molar-refractivity contribution in [2.75, 3.05) is 36.9 Å². The zero-order valence-electron chi connectivity index (χ0n) is 19.0. The third kappa shape index (κ3) is 4.85. The first-order valence-corrected chi connectivity index (χ1v) is 11.8. The Kier molecular flexibility index (Phi) is 6.27. The Morgan fingerprint density at radius 2 is 1.91 bits per heavy atom. The normalized spacial score (nSPS) is 22.7. The van der Waals surface area contributed by atoms with Gasteiger partial charge in [0, 0.05) is 36.7 Å². The van der Waals surface area contributed by atoms with E-state index < -0.39 is 0 Å². The predicted octanol–water partition coefficient (Wildman–Crippen LogP) is 3.30. The van der Waals surface area contributed by atoms with Gasteiger partial charge in [-0.05, 0) is 50.8 Å². The third-order valence-corrected chi connectivity index (χ3v) is 7.02. The number of hydrogen-bond acceptors (Lipinski definition) is 8. The first kappa shape index (κ1) is 22.2. The van der Waals surface area contributed by atoms with E-state index in [2.05, 4.69) is 42.1 Å². The number of aryl methyl sites for hydroxylation is 2.